The normalized spacial score (nSPS) is 17.2. The molecule has 1 aliphatic rings. The third kappa shape index (κ3) is 8.18. The van der Waals surface area contributed by atoms with Crippen molar-refractivity contribution in [1.29, 1.82) is 0 Å². The minimum absolute atomic E-state index is 0.00144. The average Bonchev–Trinajstić information content (AvgIpc) is 3.04. The van der Waals surface area contributed by atoms with Gasteiger partial charge in [-0.25, -0.2) is 8.42 Å². The lowest BCUT2D eigenvalue weighted by atomic mass is 10.2. The van der Waals surface area contributed by atoms with Crippen molar-refractivity contribution < 1.29 is 27.5 Å². The molecule has 0 unspecified atom stereocenters. The highest BCUT2D eigenvalue weighted by molar-refractivity contribution is 7.91. The second kappa shape index (κ2) is 11.1. The average molecular weight is 455 g/mol. The Morgan fingerprint density at radius 2 is 1.77 bits per heavy atom. The Bertz CT molecular complexity index is 887. The first-order valence-electron chi connectivity index (χ1n) is 10.0. The molecule has 1 fully saturated rings. The topological polar surface area (TPSA) is 125 Å². The molecule has 11 heteroatoms. The van der Waals surface area contributed by atoms with Gasteiger partial charge in [0, 0.05) is 18.3 Å². The maximum atomic E-state index is 12.5. The van der Waals surface area contributed by atoms with Crippen LogP contribution >= 0.6 is 0 Å². The predicted molar refractivity (Wildman–Crippen MR) is 117 cm³/mol. The van der Waals surface area contributed by atoms with Gasteiger partial charge in [0.05, 0.1) is 38.2 Å². The summed E-state index contributed by atoms with van der Waals surface area (Å²) in [7, 11) is 0.108. The van der Waals surface area contributed by atoms with Crippen molar-refractivity contribution in [2.45, 2.75) is 19.4 Å². The number of carbonyl (C=O) groups excluding carboxylic acids is 3. The monoisotopic (exact) mass is 454 g/mol. The first-order valence-corrected chi connectivity index (χ1v) is 11.8. The number of nitrogens with zero attached hydrogens (tertiary/aromatic N) is 2. The zero-order valence-corrected chi connectivity index (χ0v) is 18.9. The van der Waals surface area contributed by atoms with Crippen LogP contribution < -0.4 is 15.4 Å². The van der Waals surface area contributed by atoms with Gasteiger partial charge in [-0.2, -0.15) is 0 Å². The van der Waals surface area contributed by atoms with E-state index in [1.54, 1.807) is 50.2 Å². The Hall–Kier alpha value is -2.66. The van der Waals surface area contributed by atoms with Crippen LogP contribution in [0, 0.1) is 0 Å². The second-order valence-corrected chi connectivity index (χ2v) is 9.75. The zero-order valence-electron chi connectivity index (χ0n) is 18.1. The van der Waals surface area contributed by atoms with Crippen molar-refractivity contribution in [3.63, 3.8) is 0 Å². The molecular formula is C20H30N4O6S. The Labute approximate surface area is 182 Å². The lowest BCUT2D eigenvalue weighted by molar-refractivity contribution is -0.137. The molecule has 0 radical (unpaired) electrons. The number of rotatable bonds is 10. The summed E-state index contributed by atoms with van der Waals surface area (Å²) < 4.78 is 28.1. The number of likely N-dealkylation sites (N-methyl/N-ethyl adjacent to an activating group) is 2. The molecule has 0 bridgehead atoms. The highest BCUT2D eigenvalue weighted by atomic mass is 32.2. The molecule has 1 aliphatic heterocycles. The van der Waals surface area contributed by atoms with E-state index >= 15 is 0 Å². The molecular weight excluding hydrogens is 424 g/mol. The molecule has 1 aromatic rings. The summed E-state index contributed by atoms with van der Waals surface area (Å²) in [5.41, 5.74) is 0.617. The van der Waals surface area contributed by atoms with Crippen LogP contribution in [-0.2, 0) is 24.2 Å². The van der Waals surface area contributed by atoms with Gasteiger partial charge >= 0.3 is 0 Å². The van der Waals surface area contributed by atoms with Gasteiger partial charge in [0.1, 0.15) is 5.75 Å². The summed E-state index contributed by atoms with van der Waals surface area (Å²) in [6.07, 6.45) is 0.389. The molecule has 0 aliphatic carbocycles. The Balaban J connectivity index is 1.78. The van der Waals surface area contributed by atoms with E-state index in [9.17, 15) is 22.8 Å². The van der Waals surface area contributed by atoms with Crippen LogP contribution in [-0.4, -0.2) is 93.8 Å². The third-order valence-corrected chi connectivity index (χ3v) is 6.63. The van der Waals surface area contributed by atoms with E-state index < -0.39 is 21.8 Å². The first-order chi connectivity index (χ1) is 14.6. The zero-order chi connectivity index (χ0) is 23.0. The van der Waals surface area contributed by atoms with Crippen molar-refractivity contribution in [1.82, 2.24) is 15.1 Å². The quantitative estimate of drug-likeness (QED) is 0.498. The number of hydrogen-bond donors (Lipinski definition) is 2. The van der Waals surface area contributed by atoms with Gasteiger partial charge in [0.25, 0.3) is 0 Å². The lowest BCUT2D eigenvalue weighted by Crippen LogP contribution is -2.47. The van der Waals surface area contributed by atoms with Crippen molar-refractivity contribution in [2.75, 3.05) is 57.2 Å². The summed E-state index contributed by atoms with van der Waals surface area (Å²) >= 11 is 0. The Morgan fingerprint density at radius 3 is 2.32 bits per heavy atom. The maximum Gasteiger partial charge on any atom is 0.239 e. The third-order valence-electron chi connectivity index (χ3n) is 4.86. The Kier molecular flexibility index (Phi) is 8.81. The SMILES string of the molecule is CCN(CC(=O)N[C@@H]1CCS(=O)(=O)C1)C(=O)CN(C)CC(=O)Nc1ccc(OC)cc1. The van der Waals surface area contributed by atoms with Gasteiger partial charge in [0.15, 0.2) is 9.84 Å². The van der Waals surface area contributed by atoms with Crippen LogP contribution in [0.2, 0.25) is 0 Å². The predicted octanol–water partition coefficient (Wildman–Crippen LogP) is -0.283. The standard InChI is InChI=1S/C20H30N4O6S/c1-4-24(12-19(26)22-16-9-10-31(28,29)14-16)20(27)13-23(2)11-18(25)21-15-5-7-17(30-3)8-6-15/h5-8,16H,4,9-14H2,1-3H3,(H,21,25)(H,22,26)/t16-/m1/s1. The number of amides is 3. The van der Waals surface area contributed by atoms with E-state index in [0.717, 1.165) is 0 Å². The maximum absolute atomic E-state index is 12.5. The van der Waals surface area contributed by atoms with Crippen molar-refractivity contribution >= 4 is 33.2 Å². The highest BCUT2D eigenvalue weighted by Crippen LogP contribution is 2.15. The minimum atomic E-state index is -3.09. The van der Waals surface area contributed by atoms with E-state index in [-0.39, 0.29) is 43.0 Å². The van der Waals surface area contributed by atoms with Gasteiger partial charge in [-0.05, 0) is 44.7 Å². The van der Waals surface area contributed by atoms with E-state index in [0.29, 0.717) is 24.4 Å². The summed E-state index contributed by atoms with van der Waals surface area (Å²) in [5, 5.41) is 5.42. The highest BCUT2D eigenvalue weighted by Gasteiger charge is 2.29. The minimum Gasteiger partial charge on any atom is -0.497 e. The smallest absolute Gasteiger partial charge is 0.239 e. The summed E-state index contributed by atoms with van der Waals surface area (Å²) in [6, 6.07) is 6.49. The number of nitrogens with one attached hydrogen (secondary N) is 2. The number of carbonyl (C=O) groups is 3. The van der Waals surface area contributed by atoms with Crippen LogP contribution in [0.3, 0.4) is 0 Å². The van der Waals surface area contributed by atoms with Gasteiger partial charge in [-0.15, -0.1) is 0 Å². The fourth-order valence-corrected chi connectivity index (χ4v) is 4.91. The molecule has 2 N–H and O–H groups in total. The molecule has 10 nitrogen and oxygen atoms in total. The summed E-state index contributed by atoms with van der Waals surface area (Å²) in [6.45, 7) is 1.89. The second-order valence-electron chi connectivity index (χ2n) is 7.52. The van der Waals surface area contributed by atoms with Gasteiger partial charge in [-0.1, -0.05) is 0 Å². The number of methoxy groups -OCH3 is 1. The van der Waals surface area contributed by atoms with Gasteiger partial charge in [-0.3, -0.25) is 19.3 Å². The van der Waals surface area contributed by atoms with Gasteiger partial charge < -0.3 is 20.3 Å². The molecule has 1 aromatic carbocycles. The van der Waals surface area contributed by atoms with Crippen LogP contribution in [0.1, 0.15) is 13.3 Å². The molecule has 0 aromatic heterocycles. The summed E-state index contributed by atoms with van der Waals surface area (Å²) in [4.78, 5) is 39.9. The molecule has 0 spiro atoms. The molecule has 172 valence electrons. The fraction of sp³-hybridized carbons (Fsp3) is 0.550. The van der Waals surface area contributed by atoms with E-state index in [2.05, 4.69) is 10.6 Å². The number of hydrogen-bond acceptors (Lipinski definition) is 7. The largest absolute Gasteiger partial charge is 0.497 e. The molecule has 0 saturated carbocycles. The van der Waals surface area contributed by atoms with Crippen LogP contribution in [0.25, 0.3) is 0 Å². The van der Waals surface area contributed by atoms with E-state index in [4.69, 9.17) is 4.74 Å². The number of sulfone groups is 1. The van der Waals surface area contributed by atoms with Crippen molar-refractivity contribution in [3.05, 3.63) is 24.3 Å². The van der Waals surface area contributed by atoms with E-state index in [1.807, 2.05) is 0 Å². The van der Waals surface area contributed by atoms with Crippen molar-refractivity contribution in [2.24, 2.45) is 0 Å². The number of ether oxygens (including phenoxy) is 1. The van der Waals surface area contributed by atoms with E-state index in [1.165, 1.54) is 4.90 Å². The van der Waals surface area contributed by atoms with Crippen molar-refractivity contribution in [3.8, 4) is 5.75 Å². The molecule has 3 amide bonds. The molecule has 1 heterocycles. The Morgan fingerprint density at radius 1 is 1.10 bits per heavy atom. The molecule has 1 saturated heterocycles. The van der Waals surface area contributed by atoms with Gasteiger partial charge in [0.2, 0.25) is 17.7 Å². The van der Waals surface area contributed by atoms with Crippen LogP contribution in [0.15, 0.2) is 24.3 Å². The number of anilines is 1. The van der Waals surface area contributed by atoms with Crippen LogP contribution in [0.4, 0.5) is 5.69 Å². The van der Waals surface area contributed by atoms with Crippen LogP contribution in [0.5, 0.6) is 5.75 Å². The molecule has 31 heavy (non-hydrogen) atoms. The number of benzene rings is 1. The first kappa shape index (κ1) is 24.6. The molecule has 2 rings (SSSR count). The fourth-order valence-electron chi connectivity index (χ4n) is 3.24. The molecule has 1 atom stereocenters. The summed E-state index contributed by atoms with van der Waals surface area (Å²) in [5.74, 6) is -0.279. The lowest BCUT2D eigenvalue weighted by Gasteiger charge is -2.24.